The third-order valence-electron chi connectivity index (χ3n) is 4.38. The van der Waals surface area contributed by atoms with E-state index >= 15 is 0 Å². The van der Waals surface area contributed by atoms with Crippen molar-refractivity contribution < 1.29 is 17.9 Å². The minimum Gasteiger partial charge on any atom is -0.496 e. The quantitative estimate of drug-likeness (QED) is 0.873. The molecule has 2 aromatic carbocycles. The fourth-order valence-corrected chi connectivity index (χ4v) is 4.64. The predicted octanol–water partition coefficient (Wildman–Crippen LogP) is 2.56. The van der Waals surface area contributed by atoms with Crippen LogP contribution in [0.2, 0.25) is 0 Å². The number of nitrogens with zero attached hydrogens (tertiary/aromatic N) is 1. The van der Waals surface area contributed by atoms with Crippen LogP contribution in [0, 0.1) is 0 Å². The first-order chi connectivity index (χ1) is 12.5. The van der Waals surface area contributed by atoms with Gasteiger partial charge in [0.2, 0.25) is 10.0 Å². The summed E-state index contributed by atoms with van der Waals surface area (Å²) in [6, 6.07) is 14.2. The van der Waals surface area contributed by atoms with Crippen molar-refractivity contribution in [3.05, 3.63) is 59.7 Å². The number of ether oxygens (including phenoxy) is 1. The first-order valence-corrected chi connectivity index (χ1v) is 10.1. The first kappa shape index (κ1) is 18.3. The van der Waals surface area contributed by atoms with E-state index in [-0.39, 0.29) is 11.7 Å². The second-order valence-corrected chi connectivity index (χ2v) is 8.15. The minimum atomic E-state index is -3.30. The highest BCUT2D eigenvalue weighted by molar-refractivity contribution is 7.92. The summed E-state index contributed by atoms with van der Waals surface area (Å²) in [6.07, 6.45) is 1.50. The van der Waals surface area contributed by atoms with Gasteiger partial charge in [0.05, 0.1) is 18.6 Å². The molecular weight excluding hydrogens is 352 g/mol. The average Bonchev–Trinajstić information content (AvgIpc) is 2.66. The Kier molecular flexibility index (Phi) is 5.46. The summed E-state index contributed by atoms with van der Waals surface area (Å²) in [5.74, 6) is 0.602. The van der Waals surface area contributed by atoms with Crippen molar-refractivity contribution in [2.75, 3.05) is 23.7 Å². The van der Waals surface area contributed by atoms with Crippen LogP contribution in [0.25, 0.3) is 0 Å². The van der Waals surface area contributed by atoms with E-state index in [1.165, 1.54) is 4.31 Å². The van der Waals surface area contributed by atoms with Gasteiger partial charge in [-0.2, -0.15) is 0 Å². The number of nitrogens with one attached hydrogen (secondary N) is 1. The van der Waals surface area contributed by atoms with E-state index in [1.807, 2.05) is 24.3 Å². The van der Waals surface area contributed by atoms with E-state index in [0.717, 1.165) is 12.0 Å². The Hall–Kier alpha value is -2.54. The number of benzene rings is 2. The summed E-state index contributed by atoms with van der Waals surface area (Å²) < 4.78 is 31.2. The monoisotopic (exact) mass is 374 g/mol. The Morgan fingerprint density at radius 1 is 1.15 bits per heavy atom. The zero-order valence-corrected chi connectivity index (χ0v) is 15.5. The van der Waals surface area contributed by atoms with Crippen molar-refractivity contribution in [3.63, 3.8) is 0 Å². The van der Waals surface area contributed by atoms with Crippen molar-refractivity contribution in [1.29, 1.82) is 0 Å². The molecule has 1 aliphatic rings. The summed E-state index contributed by atoms with van der Waals surface area (Å²) in [4.78, 5) is 12.5. The van der Waals surface area contributed by atoms with Gasteiger partial charge in [-0.25, -0.2) is 8.42 Å². The van der Waals surface area contributed by atoms with E-state index in [0.29, 0.717) is 36.5 Å². The number of amides is 1. The van der Waals surface area contributed by atoms with Gasteiger partial charge in [0.25, 0.3) is 5.91 Å². The Bertz CT molecular complexity index is 896. The summed E-state index contributed by atoms with van der Waals surface area (Å²) in [5.41, 5.74) is 1.84. The molecule has 0 radical (unpaired) electrons. The van der Waals surface area contributed by atoms with Crippen molar-refractivity contribution >= 4 is 21.6 Å². The highest BCUT2D eigenvalue weighted by Crippen LogP contribution is 2.24. The van der Waals surface area contributed by atoms with E-state index < -0.39 is 10.0 Å². The number of methoxy groups -OCH3 is 1. The lowest BCUT2D eigenvalue weighted by Crippen LogP contribution is -2.38. The highest BCUT2D eigenvalue weighted by atomic mass is 32.2. The molecule has 138 valence electrons. The van der Waals surface area contributed by atoms with Crippen LogP contribution in [-0.4, -0.2) is 33.7 Å². The van der Waals surface area contributed by atoms with Crippen LogP contribution in [0.4, 0.5) is 5.69 Å². The molecule has 0 aliphatic carbocycles. The van der Waals surface area contributed by atoms with Crippen LogP contribution in [0.1, 0.15) is 28.8 Å². The van der Waals surface area contributed by atoms with Gasteiger partial charge in [0.1, 0.15) is 5.75 Å². The number of para-hydroxylation sites is 1. The molecule has 0 atom stereocenters. The van der Waals surface area contributed by atoms with Gasteiger partial charge >= 0.3 is 0 Å². The smallest absolute Gasteiger partial charge is 0.251 e. The largest absolute Gasteiger partial charge is 0.496 e. The molecule has 1 saturated heterocycles. The molecule has 0 aromatic heterocycles. The lowest BCUT2D eigenvalue weighted by Gasteiger charge is -2.28. The van der Waals surface area contributed by atoms with Crippen LogP contribution >= 0.6 is 0 Å². The van der Waals surface area contributed by atoms with Crippen molar-refractivity contribution in [1.82, 2.24) is 5.32 Å². The normalized spacial score (nSPS) is 16.1. The molecule has 1 amide bonds. The Morgan fingerprint density at radius 3 is 2.73 bits per heavy atom. The second-order valence-electron chi connectivity index (χ2n) is 6.14. The van der Waals surface area contributed by atoms with Gasteiger partial charge in [-0.15, -0.1) is 0 Å². The molecule has 3 rings (SSSR count). The van der Waals surface area contributed by atoms with Crippen LogP contribution in [0.3, 0.4) is 0 Å². The average molecular weight is 374 g/mol. The fourth-order valence-electron chi connectivity index (χ4n) is 3.01. The van der Waals surface area contributed by atoms with E-state index in [4.69, 9.17) is 4.74 Å². The van der Waals surface area contributed by atoms with Gasteiger partial charge in [0, 0.05) is 24.2 Å². The fraction of sp³-hybridized carbons (Fsp3) is 0.316. The minimum absolute atomic E-state index is 0.150. The standard InChI is InChI=1S/C19H22N2O4S/c1-25-18-10-3-2-7-16(18)14-20-19(22)15-8-6-9-17(13-15)21-11-4-5-12-26(21,23)24/h2-3,6-10,13H,4-5,11-12,14H2,1H3,(H,20,22). The molecule has 0 unspecified atom stereocenters. The van der Waals surface area contributed by atoms with Crippen molar-refractivity contribution in [2.24, 2.45) is 0 Å². The lowest BCUT2D eigenvalue weighted by molar-refractivity contribution is 0.0950. The molecule has 0 spiro atoms. The van der Waals surface area contributed by atoms with Gasteiger partial charge in [-0.05, 0) is 37.1 Å². The summed E-state index contributed by atoms with van der Waals surface area (Å²) in [5, 5.41) is 2.85. The van der Waals surface area contributed by atoms with Crippen molar-refractivity contribution in [2.45, 2.75) is 19.4 Å². The molecule has 7 heteroatoms. The third-order valence-corrected chi connectivity index (χ3v) is 6.25. The molecule has 1 N–H and O–H groups in total. The molecular formula is C19H22N2O4S. The van der Waals surface area contributed by atoms with E-state index in [1.54, 1.807) is 31.4 Å². The topological polar surface area (TPSA) is 75.7 Å². The molecule has 1 aliphatic heterocycles. The Balaban J connectivity index is 1.74. The zero-order chi connectivity index (χ0) is 18.6. The maximum Gasteiger partial charge on any atom is 0.251 e. The number of sulfonamides is 1. The third kappa shape index (κ3) is 3.99. The first-order valence-electron chi connectivity index (χ1n) is 8.52. The molecule has 0 bridgehead atoms. The molecule has 2 aromatic rings. The maximum atomic E-state index is 12.5. The van der Waals surface area contributed by atoms with Gasteiger partial charge in [0.15, 0.2) is 0 Å². The number of carbonyl (C=O) groups excluding carboxylic acids is 1. The van der Waals surface area contributed by atoms with Crippen molar-refractivity contribution in [3.8, 4) is 5.75 Å². The van der Waals surface area contributed by atoms with Gasteiger partial charge in [-0.1, -0.05) is 24.3 Å². The van der Waals surface area contributed by atoms with Crippen LogP contribution in [0.5, 0.6) is 5.75 Å². The number of rotatable bonds is 5. The molecule has 0 saturated carbocycles. The summed E-state index contributed by atoms with van der Waals surface area (Å²) in [7, 11) is -1.71. The predicted molar refractivity (Wildman–Crippen MR) is 101 cm³/mol. The Morgan fingerprint density at radius 2 is 1.96 bits per heavy atom. The number of hydrogen-bond acceptors (Lipinski definition) is 4. The number of carbonyl (C=O) groups is 1. The summed E-state index contributed by atoms with van der Waals surface area (Å²) in [6.45, 7) is 0.781. The van der Waals surface area contributed by atoms with Crippen LogP contribution < -0.4 is 14.4 Å². The zero-order valence-electron chi connectivity index (χ0n) is 14.6. The van der Waals surface area contributed by atoms with Crippen LogP contribution in [-0.2, 0) is 16.6 Å². The van der Waals surface area contributed by atoms with Gasteiger partial charge < -0.3 is 10.1 Å². The molecule has 6 nitrogen and oxygen atoms in total. The second kappa shape index (κ2) is 7.78. The number of hydrogen-bond donors (Lipinski definition) is 1. The van der Waals surface area contributed by atoms with Gasteiger partial charge in [-0.3, -0.25) is 9.10 Å². The highest BCUT2D eigenvalue weighted by Gasteiger charge is 2.26. The summed E-state index contributed by atoms with van der Waals surface area (Å²) >= 11 is 0. The SMILES string of the molecule is COc1ccccc1CNC(=O)c1cccc(N2CCCCS2(=O)=O)c1. The lowest BCUT2D eigenvalue weighted by atomic mass is 10.1. The van der Waals surface area contributed by atoms with Crippen LogP contribution in [0.15, 0.2) is 48.5 Å². The Labute approximate surface area is 153 Å². The van der Waals surface area contributed by atoms with E-state index in [2.05, 4.69) is 5.32 Å². The maximum absolute atomic E-state index is 12.5. The molecule has 26 heavy (non-hydrogen) atoms. The molecule has 1 heterocycles. The number of anilines is 1. The van der Waals surface area contributed by atoms with E-state index in [9.17, 15) is 13.2 Å². The molecule has 1 fully saturated rings.